The van der Waals surface area contributed by atoms with Crippen molar-refractivity contribution in [3.63, 3.8) is 0 Å². The Morgan fingerprint density at radius 1 is 1.15 bits per heavy atom. The van der Waals surface area contributed by atoms with Crippen molar-refractivity contribution in [3.8, 4) is 0 Å². The van der Waals surface area contributed by atoms with Crippen LogP contribution in [-0.4, -0.2) is 35.3 Å². The van der Waals surface area contributed by atoms with E-state index in [4.69, 9.17) is 11.5 Å². The first-order valence-corrected chi connectivity index (χ1v) is 7.04. The Labute approximate surface area is 118 Å². The smallest absolute Gasteiger partial charge is 0.261 e. The van der Waals surface area contributed by atoms with E-state index in [-0.39, 0.29) is 23.9 Å². The summed E-state index contributed by atoms with van der Waals surface area (Å²) in [6.07, 6.45) is 2.15. The molecule has 0 aliphatic carbocycles. The number of rotatable bonds is 6. The molecule has 0 saturated carbocycles. The van der Waals surface area contributed by atoms with Crippen molar-refractivity contribution in [1.82, 2.24) is 4.90 Å². The first-order chi connectivity index (χ1) is 9.61. The third-order valence-corrected chi connectivity index (χ3v) is 3.81. The maximum Gasteiger partial charge on any atom is 0.261 e. The van der Waals surface area contributed by atoms with Gasteiger partial charge in [-0.15, -0.1) is 0 Å². The fourth-order valence-corrected chi connectivity index (χ4v) is 2.73. The Balaban J connectivity index is 2.24. The number of nitrogens with zero attached hydrogens (tertiary/aromatic N) is 1. The maximum absolute atomic E-state index is 12.4. The second kappa shape index (κ2) is 6.15. The van der Waals surface area contributed by atoms with E-state index in [1.165, 1.54) is 4.90 Å². The highest BCUT2D eigenvalue weighted by Gasteiger charge is 2.40. The number of carbonyl (C=O) groups excluding carboxylic acids is 2. The summed E-state index contributed by atoms with van der Waals surface area (Å²) in [7, 11) is 0. The average Bonchev–Trinajstić information content (AvgIpc) is 2.72. The fourth-order valence-electron chi connectivity index (χ4n) is 2.73. The second-order valence-electron chi connectivity index (χ2n) is 5.10. The summed E-state index contributed by atoms with van der Waals surface area (Å²) in [6.45, 7) is 2.50. The standard InChI is InChI=1S/C15H21N3O2/c1-2-13(12(17)8-5-9-16)18-14(19)10-6-3-4-7-11(10)15(18)20/h3-4,6-7,12-13H,2,5,8-9,16-17H2,1H3. The van der Waals surface area contributed by atoms with Crippen molar-refractivity contribution in [2.45, 2.75) is 38.3 Å². The van der Waals surface area contributed by atoms with Crippen LogP contribution in [0.2, 0.25) is 0 Å². The van der Waals surface area contributed by atoms with Crippen LogP contribution in [0.4, 0.5) is 0 Å². The molecule has 0 saturated heterocycles. The van der Waals surface area contributed by atoms with Gasteiger partial charge in [0.1, 0.15) is 0 Å². The van der Waals surface area contributed by atoms with Gasteiger partial charge < -0.3 is 11.5 Å². The molecule has 2 rings (SSSR count). The molecule has 0 fully saturated rings. The van der Waals surface area contributed by atoms with E-state index >= 15 is 0 Å². The number of fused-ring (bicyclic) bond motifs is 1. The maximum atomic E-state index is 12.4. The van der Waals surface area contributed by atoms with Crippen LogP contribution in [-0.2, 0) is 0 Å². The summed E-state index contributed by atoms with van der Waals surface area (Å²) < 4.78 is 0. The number of amides is 2. The summed E-state index contributed by atoms with van der Waals surface area (Å²) in [5, 5.41) is 0. The lowest BCUT2D eigenvalue weighted by atomic mass is 10.00. The SMILES string of the molecule is CCC(C(N)CCCN)N1C(=O)c2ccccc2C1=O. The quantitative estimate of drug-likeness (QED) is 0.761. The molecule has 4 N–H and O–H groups in total. The molecule has 1 aromatic rings. The molecule has 5 heteroatoms. The largest absolute Gasteiger partial charge is 0.330 e. The molecule has 1 aliphatic rings. The van der Waals surface area contributed by atoms with Gasteiger partial charge in [-0.25, -0.2) is 0 Å². The Morgan fingerprint density at radius 2 is 1.70 bits per heavy atom. The average molecular weight is 275 g/mol. The van der Waals surface area contributed by atoms with Gasteiger partial charge in [0.25, 0.3) is 11.8 Å². The van der Waals surface area contributed by atoms with E-state index in [0.717, 1.165) is 6.42 Å². The lowest BCUT2D eigenvalue weighted by Crippen LogP contribution is -2.50. The number of hydrogen-bond donors (Lipinski definition) is 2. The van der Waals surface area contributed by atoms with E-state index in [1.807, 2.05) is 6.92 Å². The monoisotopic (exact) mass is 275 g/mol. The van der Waals surface area contributed by atoms with Crippen LogP contribution >= 0.6 is 0 Å². The third-order valence-electron chi connectivity index (χ3n) is 3.81. The second-order valence-corrected chi connectivity index (χ2v) is 5.10. The molecule has 1 heterocycles. The summed E-state index contributed by atoms with van der Waals surface area (Å²) >= 11 is 0. The summed E-state index contributed by atoms with van der Waals surface area (Å²) in [5.74, 6) is -0.471. The van der Waals surface area contributed by atoms with E-state index < -0.39 is 0 Å². The van der Waals surface area contributed by atoms with Crippen molar-refractivity contribution < 1.29 is 9.59 Å². The summed E-state index contributed by atoms with van der Waals surface area (Å²) in [4.78, 5) is 26.1. The van der Waals surface area contributed by atoms with Crippen LogP contribution in [0.3, 0.4) is 0 Å². The van der Waals surface area contributed by atoms with Crippen molar-refractivity contribution in [2.75, 3.05) is 6.54 Å². The zero-order valence-electron chi connectivity index (χ0n) is 11.7. The molecule has 1 aliphatic heterocycles. The molecule has 20 heavy (non-hydrogen) atoms. The highest BCUT2D eigenvalue weighted by molar-refractivity contribution is 6.21. The van der Waals surface area contributed by atoms with Gasteiger partial charge in [-0.2, -0.15) is 0 Å². The topological polar surface area (TPSA) is 89.4 Å². The van der Waals surface area contributed by atoms with Crippen LogP contribution in [0.15, 0.2) is 24.3 Å². The number of benzene rings is 1. The van der Waals surface area contributed by atoms with Crippen LogP contribution in [0.5, 0.6) is 0 Å². The van der Waals surface area contributed by atoms with Gasteiger partial charge in [0, 0.05) is 6.04 Å². The molecule has 0 aromatic heterocycles. The van der Waals surface area contributed by atoms with Crippen LogP contribution < -0.4 is 11.5 Å². The van der Waals surface area contributed by atoms with E-state index in [2.05, 4.69) is 0 Å². The van der Waals surface area contributed by atoms with Crippen molar-refractivity contribution in [1.29, 1.82) is 0 Å². The minimum atomic E-state index is -0.269. The van der Waals surface area contributed by atoms with Gasteiger partial charge in [0.2, 0.25) is 0 Å². The van der Waals surface area contributed by atoms with Gasteiger partial charge >= 0.3 is 0 Å². The van der Waals surface area contributed by atoms with Gasteiger partial charge in [-0.05, 0) is 37.9 Å². The molecule has 0 spiro atoms. The molecule has 2 unspecified atom stereocenters. The number of carbonyl (C=O) groups is 2. The van der Waals surface area contributed by atoms with Gasteiger partial charge in [0.15, 0.2) is 0 Å². The minimum Gasteiger partial charge on any atom is -0.330 e. The van der Waals surface area contributed by atoms with Gasteiger partial charge in [0.05, 0.1) is 17.2 Å². The zero-order chi connectivity index (χ0) is 14.7. The van der Waals surface area contributed by atoms with E-state index in [1.54, 1.807) is 24.3 Å². The molecule has 108 valence electrons. The number of nitrogens with two attached hydrogens (primary N) is 2. The lowest BCUT2D eigenvalue weighted by molar-refractivity contribution is 0.0552. The Morgan fingerprint density at radius 3 is 2.15 bits per heavy atom. The number of imide groups is 1. The molecule has 1 aromatic carbocycles. The van der Waals surface area contributed by atoms with Gasteiger partial charge in [-0.3, -0.25) is 14.5 Å². The van der Waals surface area contributed by atoms with Crippen molar-refractivity contribution >= 4 is 11.8 Å². The van der Waals surface area contributed by atoms with Crippen LogP contribution in [0.25, 0.3) is 0 Å². The number of hydrogen-bond acceptors (Lipinski definition) is 4. The highest BCUT2D eigenvalue weighted by Crippen LogP contribution is 2.27. The minimum absolute atomic E-state index is 0.231. The van der Waals surface area contributed by atoms with Gasteiger partial charge in [-0.1, -0.05) is 19.1 Å². The predicted octanol–water partition coefficient (Wildman–Crippen LogP) is 1.13. The van der Waals surface area contributed by atoms with E-state index in [9.17, 15) is 9.59 Å². The Hall–Kier alpha value is -1.72. The van der Waals surface area contributed by atoms with Crippen LogP contribution in [0, 0.1) is 0 Å². The molecular formula is C15H21N3O2. The first kappa shape index (κ1) is 14.7. The van der Waals surface area contributed by atoms with Crippen LogP contribution in [0.1, 0.15) is 46.9 Å². The lowest BCUT2D eigenvalue weighted by Gasteiger charge is -2.30. The van der Waals surface area contributed by atoms with E-state index in [0.29, 0.717) is 30.5 Å². The molecule has 0 radical (unpaired) electrons. The normalized spacial score (nSPS) is 17.2. The zero-order valence-corrected chi connectivity index (χ0v) is 11.7. The Kier molecular flexibility index (Phi) is 4.52. The molecule has 2 amide bonds. The highest BCUT2D eigenvalue weighted by atomic mass is 16.2. The molecule has 2 atom stereocenters. The Bertz CT molecular complexity index is 481. The first-order valence-electron chi connectivity index (χ1n) is 7.04. The summed E-state index contributed by atoms with van der Waals surface area (Å²) in [5.41, 5.74) is 12.6. The molecule has 5 nitrogen and oxygen atoms in total. The summed E-state index contributed by atoms with van der Waals surface area (Å²) in [6, 6.07) is 6.41. The fraction of sp³-hybridized carbons (Fsp3) is 0.467. The predicted molar refractivity (Wildman–Crippen MR) is 77.3 cm³/mol. The molecular weight excluding hydrogens is 254 g/mol. The van der Waals surface area contributed by atoms with Crippen molar-refractivity contribution in [2.24, 2.45) is 11.5 Å². The van der Waals surface area contributed by atoms with Crippen molar-refractivity contribution in [3.05, 3.63) is 35.4 Å². The third kappa shape index (κ3) is 2.46. The molecule has 0 bridgehead atoms.